The van der Waals surface area contributed by atoms with Gasteiger partial charge in [0.15, 0.2) is 14.9 Å². The lowest BCUT2D eigenvalue weighted by molar-refractivity contribution is 0.598. The Kier molecular flexibility index (Phi) is 4.20. The average Bonchev–Trinajstić information content (AvgIpc) is 3.04. The van der Waals surface area contributed by atoms with Crippen LogP contribution in [0.2, 0.25) is 5.02 Å². The van der Waals surface area contributed by atoms with Crippen LogP contribution in [0.1, 0.15) is 5.56 Å². The largest absolute Gasteiger partial charge is 0.339 e. The minimum atomic E-state index is -3.34. The first kappa shape index (κ1) is 17.6. The second-order valence-corrected chi connectivity index (χ2v) is 8.68. The van der Waals surface area contributed by atoms with Gasteiger partial charge in [-0.3, -0.25) is 4.98 Å². The number of pyridine rings is 3. The van der Waals surface area contributed by atoms with Crippen LogP contribution in [0.25, 0.3) is 33.4 Å². The van der Waals surface area contributed by atoms with Gasteiger partial charge in [-0.1, -0.05) is 11.6 Å². The zero-order chi connectivity index (χ0) is 19.2. The first-order valence-electron chi connectivity index (χ1n) is 8.08. The molecule has 0 aromatic carbocycles. The predicted molar refractivity (Wildman–Crippen MR) is 105 cm³/mol. The van der Waals surface area contributed by atoms with Gasteiger partial charge in [0.2, 0.25) is 0 Å². The molecule has 0 fully saturated rings. The van der Waals surface area contributed by atoms with Crippen molar-refractivity contribution in [3.63, 3.8) is 0 Å². The third-order valence-corrected chi connectivity index (χ3v) is 5.62. The van der Waals surface area contributed by atoms with E-state index >= 15 is 0 Å². The predicted octanol–water partition coefficient (Wildman–Crippen LogP) is 4.05. The van der Waals surface area contributed by atoms with Gasteiger partial charge in [0, 0.05) is 53.1 Å². The van der Waals surface area contributed by atoms with E-state index in [1.807, 2.05) is 19.1 Å². The molecule has 0 atom stereocenters. The van der Waals surface area contributed by atoms with Crippen molar-refractivity contribution in [2.24, 2.45) is 0 Å². The Morgan fingerprint density at radius 3 is 2.56 bits per heavy atom. The van der Waals surface area contributed by atoms with Crippen LogP contribution in [0.4, 0.5) is 0 Å². The summed E-state index contributed by atoms with van der Waals surface area (Å²) in [5.41, 5.74) is 4.86. The fraction of sp³-hybridized carbons (Fsp3) is 0.105. The van der Waals surface area contributed by atoms with Crippen molar-refractivity contribution < 1.29 is 8.42 Å². The minimum Gasteiger partial charge on any atom is -0.339 e. The lowest BCUT2D eigenvalue weighted by Gasteiger charge is -2.07. The highest BCUT2D eigenvalue weighted by molar-refractivity contribution is 7.90. The maximum atomic E-state index is 11.7. The molecule has 0 unspecified atom stereocenters. The number of sulfone groups is 1. The van der Waals surface area contributed by atoms with E-state index in [1.165, 1.54) is 0 Å². The van der Waals surface area contributed by atoms with Crippen molar-refractivity contribution in [1.29, 1.82) is 0 Å². The molecule has 0 spiro atoms. The van der Waals surface area contributed by atoms with Gasteiger partial charge in [-0.25, -0.2) is 18.4 Å². The highest BCUT2D eigenvalue weighted by atomic mass is 35.5. The smallest absolute Gasteiger partial charge is 0.192 e. The molecule has 27 heavy (non-hydrogen) atoms. The zero-order valence-electron chi connectivity index (χ0n) is 14.6. The minimum absolute atomic E-state index is 0.0629. The van der Waals surface area contributed by atoms with Crippen LogP contribution in [0, 0.1) is 6.92 Å². The topological polar surface area (TPSA) is 88.6 Å². The van der Waals surface area contributed by atoms with E-state index in [-0.39, 0.29) is 5.03 Å². The number of rotatable bonds is 3. The summed E-state index contributed by atoms with van der Waals surface area (Å²) in [6.45, 7) is 1.86. The summed E-state index contributed by atoms with van der Waals surface area (Å²) in [4.78, 5) is 15.9. The quantitative estimate of drug-likeness (QED) is 0.562. The van der Waals surface area contributed by atoms with Crippen LogP contribution in [0.3, 0.4) is 0 Å². The Morgan fingerprint density at radius 1 is 1.04 bits per heavy atom. The first-order valence-corrected chi connectivity index (χ1v) is 10.4. The van der Waals surface area contributed by atoms with E-state index in [4.69, 9.17) is 11.6 Å². The Hall–Kier alpha value is -2.77. The van der Waals surface area contributed by atoms with Crippen molar-refractivity contribution in [2.45, 2.75) is 11.9 Å². The summed E-state index contributed by atoms with van der Waals surface area (Å²) >= 11 is 6.25. The number of nitrogens with one attached hydrogen (secondary N) is 1. The number of hydrogen-bond donors (Lipinski definition) is 1. The maximum Gasteiger partial charge on any atom is 0.192 e. The fourth-order valence-electron chi connectivity index (χ4n) is 2.92. The third kappa shape index (κ3) is 3.31. The van der Waals surface area contributed by atoms with Crippen LogP contribution in [-0.2, 0) is 9.84 Å². The second kappa shape index (κ2) is 6.44. The van der Waals surface area contributed by atoms with E-state index in [0.29, 0.717) is 5.02 Å². The molecule has 0 saturated carbocycles. The average molecular weight is 399 g/mol. The number of halogens is 1. The number of H-pyrrole nitrogens is 1. The van der Waals surface area contributed by atoms with Gasteiger partial charge in [-0.15, -0.1) is 0 Å². The molecule has 0 aliphatic carbocycles. The Labute approximate surface area is 161 Å². The van der Waals surface area contributed by atoms with Gasteiger partial charge < -0.3 is 4.98 Å². The summed E-state index contributed by atoms with van der Waals surface area (Å²) in [7, 11) is -3.34. The second-order valence-electron chi connectivity index (χ2n) is 6.31. The summed E-state index contributed by atoms with van der Waals surface area (Å²) in [5.74, 6) is 0. The number of hydrogen-bond acceptors (Lipinski definition) is 5. The molecule has 0 saturated heterocycles. The van der Waals surface area contributed by atoms with Gasteiger partial charge in [-0.05, 0) is 36.8 Å². The van der Waals surface area contributed by atoms with Crippen molar-refractivity contribution >= 4 is 32.5 Å². The molecule has 0 radical (unpaired) electrons. The van der Waals surface area contributed by atoms with Crippen molar-refractivity contribution in [1.82, 2.24) is 19.9 Å². The Balaban J connectivity index is 1.80. The molecule has 0 aliphatic rings. The van der Waals surface area contributed by atoms with Gasteiger partial charge in [-0.2, -0.15) is 0 Å². The van der Waals surface area contributed by atoms with E-state index in [1.54, 1.807) is 36.9 Å². The van der Waals surface area contributed by atoms with Crippen LogP contribution in [-0.4, -0.2) is 34.6 Å². The highest BCUT2D eigenvalue weighted by Crippen LogP contribution is 2.31. The molecular formula is C19H15ClN4O2S. The van der Waals surface area contributed by atoms with Gasteiger partial charge >= 0.3 is 0 Å². The number of aryl methyl sites for hydroxylation is 1. The molecule has 136 valence electrons. The lowest BCUT2D eigenvalue weighted by atomic mass is 10.0. The van der Waals surface area contributed by atoms with Gasteiger partial charge in [0.1, 0.15) is 5.65 Å². The normalized spacial score (nSPS) is 11.8. The van der Waals surface area contributed by atoms with Gasteiger partial charge in [0.25, 0.3) is 0 Å². The molecule has 0 aliphatic heterocycles. The molecule has 4 aromatic heterocycles. The molecular weight excluding hydrogens is 384 g/mol. The maximum absolute atomic E-state index is 11.7. The van der Waals surface area contributed by atoms with E-state index in [9.17, 15) is 8.42 Å². The molecule has 0 amide bonds. The summed E-state index contributed by atoms with van der Waals surface area (Å²) < 4.78 is 23.4. The van der Waals surface area contributed by atoms with E-state index in [2.05, 4.69) is 19.9 Å². The van der Waals surface area contributed by atoms with Gasteiger partial charge in [0.05, 0.1) is 10.7 Å². The summed E-state index contributed by atoms with van der Waals surface area (Å²) in [6.07, 6.45) is 7.79. The van der Waals surface area contributed by atoms with Crippen LogP contribution < -0.4 is 0 Å². The number of nitrogens with zero attached hydrogens (tertiary/aromatic N) is 3. The molecule has 4 rings (SSSR count). The Morgan fingerprint density at radius 2 is 1.85 bits per heavy atom. The molecule has 8 heteroatoms. The standard InChI is InChI=1S/C19H15ClN4O2S/c1-11-5-18(27(2,25)26)22-10-14(11)13-6-12-7-17(24-19(12)23-8-13)15-9-21-4-3-16(15)20/h3-10H,1-2H3,(H,23,24). The van der Waals surface area contributed by atoms with Crippen LogP contribution >= 0.6 is 11.6 Å². The van der Waals surface area contributed by atoms with Crippen LogP contribution in [0.5, 0.6) is 0 Å². The lowest BCUT2D eigenvalue weighted by Crippen LogP contribution is -2.01. The van der Waals surface area contributed by atoms with Crippen LogP contribution in [0.15, 0.2) is 54.1 Å². The van der Waals surface area contributed by atoms with Crippen molar-refractivity contribution in [3.8, 4) is 22.4 Å². The van der Waals surface area contributed by atoms with E-state index in [0.717, 1.165) is 45.2 Å². The fourth-order valence-corrected chi connectivity index (χ4v) is 3.76. The first-order chi connectivity index (χ1) is 12.8. The monoisotopic (exact) mass is 398 g/mol. The van der Waals surface area contributed by atoms with Crippen molar-refractivity contribution in [3.05, 3.63) is 59.6 Å². The molecule has 4 heterocycles. The number of fused-ring (bicyclic) bond motifs is 1. The zero-order valence-corrected chi connectivity index (χ0v) is 16.1. The Bertz CT molecular complexity index is 1280. The molecule has 4 aromatic rings. The third-order valence-electron chi connectivity index (χ3n) is 4.30. The highest BCUT2D eigenvalue weighted by Gasteiger charge is 2.13. The van der Waals surface area contributed by atoms with Crippen molar-refractivity contribution in [2.75, 3.05) is 6.26 Å². The van der Waals surface area contributed by atoms with E-state index < -0.39 is 9.84 Å². The number of aromatic amines is 1. The summed E-state index contributed by atoms with van der Waals surface area (Å²) in [6, 6.07) is 7.26. The SMILES string of the molecule is Cc1cc(S(C)(=O)=O)ncc1-c1cnc2[nH]c(-c3cnccc3Cl)cc2c1. The molecule has 0 bridgehead atoms. The summed E-state index contributed by atoms with van der Waals surface area (Å²) in [5, 5.41) is 1.58. The molecule has 6 nitrogen and oxygen atoms in total. The molecule has 1 N–H and O–H groups in total. The number of aromatic nitrogens is 4.